The number of rotatable bonds is 3. The number of aryl methyl sites for hydroxylation is 1. The van der Waals surface area contributed by atoms with Crippen molar-refractivity contribution in [2.24, 2.45) is 5.73 Å². The number of aliphatic carboxylic acids is 1. The number of nitrogen functional groups attached to an aromatic ring is 1. The van der Waals surface area contributed by atoms with Gasteiger partial charge in [-0.15, -0.1) is 0 Å². The second kappa shape index (κ2) is 6.01. The zero-order chi connectivity index (χ0) is 10.3. The summed E-state index contributed by atoms with van der Waals surface area (Å²) in [6, 6.07) is 1.63. The summed E-state index contributed by atoms with van der Waals surface area (Å²) < 4.78 is 1.45. The third-order valence-corrected chi connectivity index (χ3v) is 1.29. The first-order chi connectivity index (χ1) is 6.20. The van der Waals surface area contributed by atoms with Crippen molar-refractivity contribution in [3.63, 3.8) is 0 Å². The van der Waals surface area contributed by atoms with Crippen LogP contribution in [0.3, 0.4) is 0 Å². The maximum Gasteiger partial charge on any atom is 0.305 e. The van der Waals surface area contributed by atoms with Crippen LogP contribution in [0.25, 0.3) is 0 Å². The maximum atomic E-state index is 10.1. The second-order valence-corrected chi connectivity index (χ2v) is 2.12. The zero-order valence-corrected chi connectivity index (χ0v) is 7.47. The minimum atomic E-state index is -0.847. The third kappa shape index (κ3) is 4.12. The molecule has 1 rings (SSSR count). The quantitative estimate of drug-likeness (QED) is 0.590. The van der Waals surface area contributed by atoms with Crippen LogP contribution in [0.15, 0.2) is 12.3 Å². The van der Waals surface area contributed by atoms with Crippen molar-refractivity contribution in [2.45, 2.75) is 13.0 Å². The predicted molar refractivity (Wildman–Crippen MR) is 49.0 cm³/mol. The topological polar surface area (TPSA) is 107 Å². The van der Waals surface area contributed by atoms with Crippen LogP contribution in [0.1, 0.15) is 6.42 Å². The van der Waals surface area contributed by atoms with Crippen LogP contribution in [0.2, 0.25) is 0 Å². The normalized spacial score (nSPS) is 8.77. The molecule has 1 aromatic rings. The van der Waals surface area contributed by atoms with E-state index in [1.807, 2.05) is 0 Å². The van der Waals surface area contributed by atoms with E-state index in [1.165, 1.54) is 17.9 Å². The maximum absolute atomic E-state index is 10.1. The highest BCUT2D eigenvalue weighted by Crippen LogP contribution is 2.00. The highest BCUT2D eigenvalue weighted by atomic mass is 16.4. The molecule has 6 heteroatoms. The molecule has 0 aliphatic carbocycles. The number of hydrogen-bond donors (Lipinski definition) is 3. The minimum absolute atomic E-state index is 0.0475. The first kappa shape index (κ1) is 11.4. The molecule has 0 saturated carbocycles. The standard InChI is InChI=1S/C6H9N3O2.CH5N/c7-5-1-3-8-9(5)4-2-6(10)11;1-2/h1,3H,2,4,7H2,(H,10,11);2H2,1H3. The molecule has 0 aliphatic heterocycles. The van der Waals surface area contributed by atoms with Crippen LogP contribution in [0, 0.1) is 0 Å². The Morgan fingerprint density at radius 3 is 2.69 bits per heavy atom. The van der Waals surface area contributed by atoms with Crippen LogP contribution in [0.4, 0.5) is 5.82 Å². The van der Waals surface area contributed by atoms with E-state index in [0.717, 1.165) is 0 Å². The lowest BCUT2D eigenvalue weighted by Crippen LogP contribution is -2.08. The lowest BCUT2D eigenvalue weighted by molar-refractivity contribution is -0.137. The van der Waals surface area contributed by atoms with E-state index < -0.39 is 5.97 Å². The smallest absolute Gasteiger partial charge is 0.305 e. The lowest BCUT2D eigenvalue weighted by Gasteiger charge is -1.99. The third-order valence-electron chi connectivity index (χ3n) is 1.29. The summed E-state index contributed by atoms with van der Waals surface area (Å²) in [5.41, 5.74) is 9.93. The minimum Gasteiger partial charge on any atom is -0.481 e. The molecule has 0 unspecified atom stereocenters. The van der Waals surface area contributed by atoms with E-state index in [-0.39, 0.29) is 6.42 Å². The Hall–Kier alpha value is -1.56. The molecule has 13 heavy (non-hydrogen) atoms. The summed E-state index contributed by atoms with van der Waals surface area (Å²) in [6.07, 6.45) is 1.59. The van der Waals surface area contributed by atoms with Crippen LogP contribution in [-0.2, 0) is 11.3 Å². The average Bonchev–Trinajstić information content (AvgIpc) is 2.51. The van der Waals surface area contributed by atoms with Crippen LogP contribution >= 0.6 is 0 Å². The molecule has 0 aliphatic rings. The monoisotopic (exact) mass is 186 g/mol. The molecule has 1 heterocycles. The summed E-state index contributed by atoms with van der Waals surface area (Å²) in [5.74, 6) is -0.355. The predicted octanol–water partition coefficient (Wildman–Crippen LogP) is -0.485. The molecule has 0 aromatic carbocycles. The van der Waals surface area contributed by atoms with Gasteiger partial charge < -0.3 is 16.6 Å². The number of anilines is 1. The molecule has 0 spiro atoms. The van der Waals surface area contributed by atoms with Crippen molar-refractivity contribution in [1.29, 1.82) is 0 Å². The summed E-state index contributed by atoms with van der Waals surface area (Å²) in [6.45, 7) is 0.328. The van der Waals surface area contributed by atoms with Gasteiger partial charge in [0.2, 0.25) is 0 Å². The van der Waals surface area contributed by atoms with E-state index in [1.54, 1.807) is 6.07 Å². The fraction of sp³-hybridized carbons (Fsp3) is 0.429. The van der Waals surface area contributed by atoms with Gasteiger partial charge in [-0.1, -0.05) is 0 Å². The molecule has 6 nitrogen and oxygen atoms in total. The average molecular weight is 186 g/mol. The van der Waals surface area contributed by atoms with Gasteiger partial charge in [0.15, 0.2) is 0 Å². The van der Waals surface area contributed by atoms with Crippen LogP contribution < -0.4 is 11.5 Å². The van der Waals surface area contributed by atoms with Crippen molar-refractivity contribution in [3.8, 4) is 0 Å². The Balaban J connectivity index is 0.000000671. The van der Waals surface area contributed by atoms with Crippen LogP contribution in [0.5, 0.6) is 0 Å². The molecule has 0 atom stereocenters. The second-order valence-electron chi connectivity index (χ2n) is 2.12. The number of carbonyl (C=O) groups is 1. The molecule has 0 bridgehead atoms. The molecule has 0 radical (unpaired) electrons. The Kier molecular flexibility index (Phi) is 5.29. The Labute approximate surface area is 76.1 Å². The van der Waals surface area contributed by atoms with E-state index in [2.05, 4.69) is 10.8 Å². The van der Waals surface area contributed by atoms with Gasteiger partial charge in [-0.25, -0.2) is 4.68 Å². The van der Waals surface area contributed by atoms with Gasteiger partial charge in [0.25, 0.3) is 0 Å². The largest absolute Gasteiger partial charge is 0.481 e. The van der Waals surface area contributed by atoms with Gasteiger partial charge in [-0.05, 0) is 13.1 Å². The van der Waals surface area contributed by atoms with Crippen molar-refractivity contribution >= 4 is 11.8 Å². The van der Waals surface area contributed by atoms with E-state index in [4.69, 9.17) is 10.8 Å². The van der Waals surface area contributed by atoms with Crippen molar-refractivity contribution in [2.75, 3.05) is 12.8 Å². The van der Waals surface area contributed by atoms with Crippen molar-refractivity contribution < 1.29 is 9.90 Å². The fourth-order valence-corrected chi connectivity index (χ4v) is 0.731. The van der Waals surface area contributed by atoms with Gasteiger partial charge in [0.05, 0.1) is 19.2 Å². The molecule has 0 amide bonds. The van der Waals surface area contributed by atoms with Crippen molar-refractivity contribution in [1.82, 2.24) is 9.78 Å². The number of carboxylic acid groups (broad SMARTS) is 1. The first-order valence-electron chi connectivity index (χ1n) is 3.77. The van der Waals surface area contributed by atoms with E-state index in [0.29, 0.717) is 12.4 Å². The lowest BCUT2D eigenvalue weighted by atomic mass is 10.4. The molecule has 74 valence electrons. The summed E-state index contributed by atoms with van der Waals surface area (Å²) >= 11 is 0. The van der Waals surface area contributed by atoms with Gasteiger partial charge in [-0.3, -0.25) is 4.79 Å². The Morgan fingerprint density at radius 1 is 1.69 bits per heavy atom. The molecule has 1 aromatic heterocycles. The number of hydrogen-bond acceptors (Lipinski definition) is 4. The van der Waals surface area contributed by atoms with Crippen LogP contribution in [-0.4, -0.2) is 27.9 Å². The highest BCUT2D eigenvalue weighted by molar-refractivity contribution is 5.66. The first-order valence-corrected chi connectivity index (χ1v) is 3.77. The number of nitrogens with two attached hydrogens (primary N) is 2. The van der Waals surface area contributed by atoms with Gasteiger partial charge in [0.1, 0.15) is 5.82 Å². The van der Waals surface area contributed by atoms with Gasteiger partial charge in [-0.2, -0.15) is 5.10 Å². The summed E-state index contributed by atoms with van der Waals surface area (Å²) in [4.78, 5) is 10.1. The van der Waals surface area contributed by atoms with Gasteiger partial charge in [0, 0.05) is 0 Å². The zero-order valence-electron chi connectivity index (χ0n) is 7.47. The van der Waals surface area contributed by atoms with Crippen molar-refractivity contribution in [3.05, 3.63) is 12.3 Å². The fourth-order valence-electron chi connectivity index (χ4n) is 0.731. The molecule has 0 saturated heterocycles. The Bertz CT molecular complexity index is 259. The van der Waals surface area contributed by atoms with Gasteiger partial charge >= 0.3 is 5.97 Å². The number of nitrogens with zero attached hydrogens (tertiary/aromatic N) is 2. The Morgan fingerprint density at radius 2 is 2.31 bits per heavy atom. The summed E-state index contributed by atoms with van der Waals surface area (Å²) in [7, 11) is 1.50. The number of carboxylic acids is 1. The highest BCUT2D eigenvalue weighted by Gasteiger charge is 2.00. The van der Waals surface area contributed by atoms with E-state index in [9.17, 15) is 4.79 Å². The molecule has 0 fully saturated rings. The molecule has 5 N–H and O–H groups in total. The SMILES string of the molecule is CN.Nc1ccnn1CCC(=O)O. The molecular weight excluding hydrogens is 172 g/mol. The number of aromatic nitrogens is 2. The summed E-state index contributed by atoms with van der Waals surface area (Å²) in [5, 5.41) is 12.1. The molecular formula is C7H14N4O2. The van der Waals surface area contributed by atoms with E-state index >= 15 is 0 Å².